The lowest BCUT2D eigenvalue weighted by Crippen LogP contribution is -2.36. The molecular weight excluding hydrogens is 221 g/mol. The lowest BCUT2D eigenvalue weighted by Gasteiger charge is -2.15. The van der Waals surface area contributed by atoms with E-state index in [0.717, 1.165) is 19.6 Å². The van der Waals surface area contributed by atoms with Crippen LogP contribution in [-0.2, 0) is 4.74 Å². The standard InChI is InChI=1S/C10H19F3N2O/c1-8-9(2-5-16-8)6-14-3-4-15-7-10(11,12)13/h8-9,14-15H,2-7H2,1H3. The second kappa shape index (κ2) is 6.42. The molecule has 6 heteroatoms. The van der Waals surface area contributed by atoms with Crippen LogP contribution in [0.3, 0.4) is 0 Å². The van der Waals surface area contributed by atoms with Crippen LogP contribution >= 0.6 is 0 Å². The van der Waals surface area contributed by atoms with E-state index in [1.165, 1.54) is 0 Å². The molecule has 96 valence electrons. The van der Waals surface area contributed by atoms with Crippen LogP contribution in [0.15, 0.2) is 0 Å². The highest BCUT2D eigenvalue weighted by Crippen LogP contribution is 2.18. The summed E-state index contributed by atoms with van der Waals surface area (Å²) in [6.45, 7) is 3.61. The molecule has 0 spiro atoms. The van der Waals surface area contributed by atoms with Crippen molar-refractivity contribution in [2.45, 2.75) is 25.6 Å². The van der Waals surface area contributed by atoms with Gasteiger partial charge in [-0.05, 0) is 19.3 Å². The molecule has 0 amide bonds. The van der Waals surface area contributed by atoms with Crippen molar-refractivity contribution in [3.05, 3.63) is 0 Å². The zero-order valence-electron chi connectivity index (χ0n) is 9.44. The molecule has 1 aliphatic heterocycles. The van der Waals surface area contributed by atoms with Gasteiger partial charge in [-0.2, -0.15) is 13.2 Å². The maximum atomic E-state index is 11.8. The first kappa shape index (κ1) is 13.7. The van der Waals surface area contributed by atoms with Gasteiger partial charge >= 0.3 is 6.18 Å². The van der Waals surface area contributed by atoms with Gasteiger partial charge in [-0.1, -0.05) is 0 Å². The summed E-state index contributed by atoms with van der Waals surface area (Å²) in [5, 5.41) is 5.48. The maximum Gasteiger partial charge on any atom is 0.401 e. The van der Waals surface area contributed by atoms with Gasteiger partial charge in [-0.15, -0.1) is 0 Å². The first-order valence-corrected chi connectivity index (χ1v) is 5.59. The number of ether oxygens (including phenoxy) is 1. The van der Waals surface area contributed by atoms with E-state index in [-0.39, 0.29) is 6.10 Å². The van der Waals surface area contributed by atoms with Gasteiger partial charge < -0.3 is 15.4 Å². The summed E-state index contributed by atoms with van der Waals surface area (Å²) in [6.07, 6.45) is -2.83. The van der Waals surface area contributed by atoms with Crippen molar-refractivity contribution in [3.63, 3.8) is 0 Å². The summed E-state index contributed by atoms with van der Waals surface area (Å²) in [4.78, 5) is 0. The van der Waals surface area contributed by atoms with E-state index in [4.69, 9.17) is 4.74 Å². The average Bonchev–Trinajstić information content (AvgIpc) is 2.56. The lowest BCUT2D eigenvalue weighted by atomic mass is 10.0. The minimum atomic E-state index is -4.12. The Hall–Kier alpha value is -0.330. The van der Waals surface area contributed by atoms with Crippen molar-refractivity contribution in [3.8, 4) is 0 Å². The zero-order chi connectivity index (χ0) is 12.0. The van der Waals surface area contributed by atoms with Crippen LogP contribution in [-0.4, -0.2) is 45.1 Å². The van der Waals surface area contributed by atoms with E-state index in [9.17, 15) is 13.2 Å². The van der Waals surface area contributed by atoms with E-state index in [1.54, 1.807) is 0 Å². The smallest absolute Gasteiger partial charge is 0.378 e. The monoisotopic (exact) mass is 240 g/mol. The molecule has 1 aliphatic rings. The van der Waals surface area contributed by atoms with Gasteiger partial charge in [0.25, 0.3) is 0 Å². The highest BCUT2D eigenvalue weighted by molar-refractivity contribution is 4.74. The Bertz CT molecular complexity index is 199. The molecule has 0 radical (unpaired) electrons. The molecule has 0 aromatic heterocycles. The fourth-order valence-corrected chi connectivity index (χ4v) is 1.74. The van der Waals surface area contributed by atoms with Crippen LogP contribution in [0, 0.1) is 5.92 Å². The van der Waals surface area contributed by atoms with Crippen molar-refractivity contribution in [1.82, 2.24) is 10.6 Å². The zero-order valence-corrected chi connectivity index (χ0v) is 9.44. The van der Waals surface area contributed by atoms with Crippen molar-refractivity contribution in [1.29, 1.82) is 0 Å². The summed E-state index contributed by atoms with van der Waals surface area (Å²) >= 11 is 0. The van der Waals surface area contributed by atoms with E-state index in [2.05, 4.69) is 10.6 Å². The second-order valence-corrected chi connectivity index (χ2v) is 4.12. The van der Waals surface area contributed by atoms with E-state index in [1.807, 2.05) is 6.92 Å². The molecule has 3 nitrogen and oxygen atoms in total. The van der Waals surface area contributed by atoms with Gasteiger partial charge in [0.1, 0.15) is 0 Å². The van der Waals surface area contributed by atoms with Crippen LogP contribution in [0.5, 0.6) is 0 Å². The van der Waals surface area contributed by atoms with E-state index >= 15 is 0 Å². The quantitative estimate of drug-likeness (QED) is 0.683. The van der Waals surface area contributed by atoms with Gasteiger partial charge in [-0.3, -0.25) is 0 Å². The van der Waals surface area contributed by atoms with Crippen LogP contribution in [0.1, 0.15) is 13.3 Å². The summed E-state index contributed by atoms with van der Waals surface area (Å²) in [7, 11) is 0. The number of rotatable bonds is 6. The van der Waals surface area contributed by atoms with Crippen LogP contribution in [0.4, 0.5) is 13.2 Å². The molecule has 0 aromatic carbocycles. The summed E-state index contributed by atoms with van der Waals surface area (Å²) in [6, 6.07) is 0. The summed E-state index contributed by atoms with van der Waals surface area (Å²) in [5.41, 5.74) is 0. The Balaban J connectivity index is 1.92. The van der Waals surface area contributed by atoms with Gasteiger partial charge in [-0.25, -0.2) is 0 Å². The van der Waals surface area contributed by atoms with Gasteiger partial charge in [0.05, 0.1) is 12.6 Å². The first-order chi connectivity index (χ1) is 7.49. The number of hydrogen-bond acceptors (Lipinski definition) is 3. The molecule has 2 N–H and O–H groups in total. The Morgan fingerprint density at radius 3 is 2.50 bits per heavy atom. The Kier molecular flexibility index (Phi) is 5.51. The van der Waals surface area contributed by atoms with Gasteiger partial charge in [0, 0.05) is 26.2 Å². The third-order valence-electron chi connectivity index (χ3n) is 2.74. The highest BCUT2D eigenvalue weighted by Gasteiger charge is 2.26. The molecule has 0 bridgehead atoms. The van der Waals surface area contributed by atoms with E-state index < -0.39 is 12.7 Å². The minimum Gasteiger partial charge on any atom is -0.378 e. The molecule has 16 heavy (non-hydrogen) atoms. The molecule has 1 saturated heterocycles. The third kappa shape index (κ3) is 5.67. The fraction of sp³-hybridized carbons (Fsp3) is 1.00. The van der Waals surface area contributed by atoms with E-state index in [0.29, 0.717) is 19.0 Å². The maximum absolute atomic E-state index is 11.8. The number of nitrogens with one attached hydrogen (secondary N) is 2. The highest BCUT2D eigenvalue weighted by atomic mass is 19.4. The van der Waals surface area contributed by atoms with Crippen molar-refractivity contribution in [2.75, 3.05) is 32.8 Å². The largest absolute Gasteiger partial charge is 0.401 e. The topological polar surface area (TPSA) is 33.3 Å². The van der Waals surface area contributed by atoms with Gasteiger partial charge in [0.15, 0.2) is 0 Å². The average molecular weight is 240 g/mol. The molecule has 1 fully saturated rings. The van der Waals surface area contributed by atoms with Crippen LogP contribution in [0.25, 0.3) is 0 Å². The third-order valence-corrected chi connectivity index (χ3v) is 2.74. The Morgan fingerprint density at radius 1 is 1.25 bits per heavy atom. The Labute approximate surface area is 93.7 Å². The van der Waals surface area contributed by atoms with Gasteiger partial charge in [0.2, 0.25) is 0 Å². The normalized spacial score (nSPS) is 26.2. The van der Waals surface area contributed by atoms with Crippen molar-refractivity contribution < 1.29 is 17.9 Å². The molecule has 0 aromatic rings. The number of hydrogen-bond donors (Lipinski definition) is 2. The lowest BCUT2D eigenvalue weighted by molar-refractivity contribution is -0.124. The van der Waals surface area contributed by atoms with Crippen molar-refractivity contribution >= 4 is 0 Å². The SMILES string of the molecule is CC1OCCC1CNCCNCC(F)(F)F. The number of halogens is 3. The second-order valence-electron chi connectivity index (χ2n) is 4.12. The van der Waals surface area contributed by atoms with Crippen LogP contribution < -0.4 is 10.6 Å². The van der Waals surface area contributed by atoms with Crippen LogP contribution in [0.2, 0.25) is 0 Å². The molecule has 1 rings (SSSR count). The molecule has 0 aliphatic carbocycles. The summed E-state index contributed by atoms with van der Waals surface area (Å²) in [5.74, 6) is 0.489. The summed E-state index contributed by atoms with van der Waals surface area (Å²) < 4.78 is 40.7. The Morgan fingerprint density at radius 2 is 1.94 bits per heavy atom. The molecular formula is C10H19F3N2O. The minimum absolute atomic E-state index is 0.260. The molecule has 1 heterocycles. The predicted molar refractivity (Wildman–Crippen MR) is 55.3 cm³/mol. The fourth-order valence-electron chi connectivity index (χ4n) is 1.74. The molecule has 2 atom stereocenters. The first-order valence-electron chi connectivity index (χ1n) is 5.59. The molecule has 2 unspecified atom stereocenters. The molecule has 0 saturated carbocycles. The van der Waals surface area contributed by atoms with Crippen molar-refractivity contribution in [2.24, 2.45) is 5.92 Å². The predicted octanol–water partition coefficient (Wildman–Crippen LogP) is 1.15. The number of alkyl halides is 3.